The van der Waals surface area contributed by atoms with Gasteiger partial charge in [-0.3, -0.25) is 0 Å². The fraction of sp³-hybridized carbons (Fsp3) is 0.857. The smallest absolute Gasteiger partial charge is 0.450 e. The zero-order chi connectivity index (χ0) is 8.48. The standard InChI is InChI=1S/C7H12O4/c1-5(2)7(3-10-4-7)11-6(8)9/h5H,3-4H2,1-2H3,(H,8,9). The number of hydrogen-bond acceptors (Lipinski definition) is 3. The highest BCUT2D eigenvalue weighted by Crippen LogP contribution is 2.30. The lowest BCUT2D eigenvalue weighted by atomic mass is 9.88. The van der Waals surface area contributed by atoms with Gasteiger partial charge in [-0.05, 0) is 5.92 Å². The maximum Gasteiger partial charge on any atom is 0.506 e. The molecule has 1 rings (SSSR count). The van der Waals surface area contributed by atoms with E-state index in [1.807, 2.05) is 13.8 Å². The number of hydrogen-bond donors (Lipinski definition) is 1. The first-order chi connectivity index (χ1) is 5.07. The van der Waals surface area contributed by atoms with Crippen LogP contribution in [0.15, 0.2) is 0 Å². The van der Waals surface area contributed by atoms with Gasteiger partial charge in [0.1, 0.15) is 0 Å². The van der Waals surface area contributed by atoms with Crippen molar-refractivity contribution in [3.63, 3.8) is 0 Å². The second-order valence-corrected chi connectivity index (χ2v) is 3.08. The quantitative estimate of drug-likeness (QED) is 0.614. The zero-order valence-electron chi connectivity index (χ0n) is 6.66. The molecule has 0 radical (unpaired) electrons. The van der Waals surface area contributed by atoms with Crippen molar-refractivity contribution in [1.82, 2.24) is 0 Å². The molecule has 0 atom stereocenters. The van der Waals surface area contributed by atoms with Crippen molar-refractivity contribution in [2.75, 3.05) is 13.2 Å². The normalized spacial score (nSPS) is 21.0. The molecular formula is C7H12O4. The predicted molar refractivity (Wildman–Crippen MR) is 37.5 cm³/mol. The van der Waals surface area contributed by atoms with Gasteiger partial charge in [0.05, 0.1) is 13.2 Å². The summed E-state index contributed by atoms with van der Waals surface area (Å²) in [5.41, 5.74) is -0.578. The molecule has 4 heteroatoms. The van der Waals surface area contributed by atoms with Crippen molar-refractivity contribution in [1.29, 1.82) is 0 Å². The molecule has 0 aromatic carbocycles. The van der Waals surface area contributed by atoms with Crippen molar-refractivity contribution in [2.45, 2.75) is 19.4 Å². The molecule has 1 heterocycles. The Morgan fingerprint density at radius 2 is 2.18 bits per heavy atom. The van der Waals surface area contributed by atoms with E-state index in [1.54, 1.807) is 0 Å². The maximum absolute atomic E-state index is 10.2. The zero-order valence-corrected chi connectivity index (χ0v) is 6.66. The van der Waals surface area contributed by atoms with Gasteiger partial charge in [0.2, 0.25) is 0 Å². The molecule has 1 aliphatic rings. The lowest BCUT2D eigenvalue weighted by molar-refractivity contribution is -0.207. The van der Waals surface area contributed by atoms with Gasteiger partial charge in [-0.1, -0.05) is 13.8 Å². The largest absolute Gasteiger partial charge is 0.506 e. The molecule has 0 amide bonds. The second kappa shape index (κ2) is 2.70. The molecule has 0 aliphatic carbocycles. The molecule has 1 saturated heterocycles. The number of carboxylic acid groups (broad SMARTS) is 1. The average molecular weight is 160 g/mol. The summed E-state index contributed by atoms with van der Waals surface area (Å²) in [6.07, 6.45) is -1.22. The highest BCUT2D eigenvalue weighted by atomic mass is 16.7. The summed E-state index contributed by atoms with van der Waals surface area (Å²) >= 11 is 0. The van der Waals surface area contributed by atoms with Crippen LogP contribution in [0.1, 0.15) is 13.8 Å². The van der Waals surface area contributed by atoms with E-state index in [0.29, 0.717) is 13.2 Å². The summed E-state index contributed by atoms with van der Waals surface area (Å²) in [4.78, 5) is 10.2. The van der Waals surface area contributed by atoms with Gasteiger partial charge in [0.25, 0.3) is 0 Å². The van der Waals surface area contributed by atoms with E-state index in [9.17, 15) is 4.79 Å². The molecule has 64 valence electrons. The summed E-state index contributed by atoms with van der Waals surface area (Å²) in [5, 5.41) is 8.39. The lowest BCUT2D eigenvalue weighted by Crippen LogP contribution is -2.56. The van der Waals surface area contributed by atoms with Crippen LogP contribution in [0.4, 0.5) is 4.79 Å². The van der Waals surface area contributed by atoms with Gasteiger partial charge in [0.15, 0.2) is 5.60 Å². The van der Waals surface area contributed by atoms with Gasteiger partial charge < -0.3 is 14.6 Å². The van der Waals surface area contributed by atoms with E-state index in [1.165, 1.54) is 0 Å². The Labute approximate surface area is 65.1 Å². The van der Waals surface area contributed by atoms with Crippen LogP contribution < -0.4 is 0 Å². The molecule has 0 aromatic rings. The molecule has 1 N–H and O–H groups in total. The molecule has 4 nitrogen and oxygen atoms in total. The topological polar surface area (TPSA) is 55.8 Å². The summed E-state index contributed by atoms with van der Waals surface area (Å²) in [6.45, 7) is 4.62. The molecular weight excluding hydrogens is 148 g/mol. The van der Waals surface area contributed by atoms with E-state index in [2.05, 4.69) is 0 Å². The van der Waals surface area contributed by atoms with Crippen molar-refractivity contribution in [3.8, 4) is 0 Å². The second-order valence-electron chi connectivity index (χ2n) is 3.08. The van der Waals surface area contributed by atoms with Crippen LogP contribution in [0.5, 0.6) is 0 Å². The highest BCUT2D eigenvalue weighted by Gasteiger charge is 2.45. The minimum Gasteiger partial charge on any atom is -0.450 e. The first-order valence-electron chi connectivity index (χ1n) is 3.56. The Morgan fingerprint density at radius 3 is 2.27 bits per heavy atom. The summed E-state index contributed by atoms with van der Waals surface area (Å²) in [5.74, 6) is 0.173. The Kier molecular flexibility index (Phi) is 2.04. The monoisotopic (exact) mass is 160 g/mol. The Hall–Kier alpha value is -0.770. The molecule has 0 bridgehead atoms. The van der Waals surface area contributed by atoms with Crippen LogP contribution >= 0.6 is 0 Å². The summed E-state index contributed by atoms with van der Waals surface area (Å²) in [6, 6.07) is 0. The average Bonchev–Trinajstić information content (AvgIpc) is 1.77. The summed E-state index contributed by atoms with van der Waals surface area (Å²) in [7, 11) is 0. The maximum atomic E-state index is 10.2. The third-order valence-corrected chi connectivity index (χ3v) is 2.04. The number of carbonyl (C=O) groups is 1. The third kappa shape index (κ3) is 1.45. The Bertz CT molecular complexity index is 160. The van der Waals surface area contributed by atoms with Gasteiger partial charge in [-0.2, -0.15) is 0 Å². The fourth-order valence-electron chi connectivity index (χ4n) is 0.987. The molecule has 0 unspecified atom stereocenters. The molecule has 1 fully saturated rings. The molecule has 11 heavy (non-hydrogen) atoms. The van der Waals surface area contributed by atoms with E-state index < -0.39 is 11.8 Å². The Balaban J connectivity index is 2.53. The first-order valence-corrected chi connectivity index (χ1v) is 3.56. The van der Waals surface area contributed by atoms with Crippen molar-refractivity contribution in [2.24, 2.45) is 5.92 Å². The van der Waals surface area contributed by atoms with Crippen molar-refractivity contribution >= 4 is 6.16 Å². The van der Waals surface area contributed by atoms with E-state index in [4.69, 9.17) is 14.6 Å². The predicted octanol–water partition coefficient (Wildman–Crippen LogP) is 1.11. The Morgan fingerprint density at radius 1 is 1.64 bits per heavy atom. The molecule has 0 saturated carbocycles. The highest BCUT2D eigenvalue weighted by molar-refractivity contribution is 5.57. The minimum atomic E-state index is -1.22. The SMILES string of the molecule is CC(C)C1(OC(=O)O)COC1. The minimum absolute atomic E-state index is 0.173. The van der Waals surface area contributed by atoms with Crippen molar-refractivity contribution in [3.05, 3.63) is 0 Å². The van der Waals surface area contributed by atoms with Crippen LogP contribution in [-0.2, 0) is 9.47 Å². The van der Waals surface area contributed by atoms with Crippen LogP contribution in [0.3, 0.4) is 0 Å². The van der Waals surface area contributed by atoms with Gasteiger partial charge in [-0.25, -0.2) is 4.79 Å². The van der Waals surface area contributed by atoms with Crippen LogP contribution in [0, 0.1) is 5.92 Å². The molecule has 0 spiro atoms. The van der Waals surface area contributed by atoms with E-state index in [0.717, 1.165) is 0 Å². The number of ether oxygens (including phenoxy) is 2. The van der Waals surface area contributed by atoms with Gasteiger partial charge in [-0.15, -0.1) is 0 Å². The van der Waals surface area contributed by atoms with Crippen molar-refractivity contribution < 1.29 is 19.4 Å². The van der Waals surface area contributed by atoms with E-state index in [-0.39, 0.29) is 5.92 Å². The van der Waals surface area contributed by atoms with E-state index >= 15 is 0 Å². The van der Waals surface area contributed by atoms with Gasteiger partial charge >= 0.3 is 6.16 Å². The van der Waals surface area contributed by atoms with Crippen LogP contribution in [-0.4, -0.2) is 30.1 Å². The molecule has 0 aromatic heterocycles. The van der Waals surface area contributed by atoms with Crippen LogP contribution in [0.2, 0.25) is 0 Å². The number of rotatable bonds is 2. The summed E-state index contributed by atoms with van der Waals surface area (Å²) < 4.78 is 9.64. The lowest BCUT2D eigenvalue weighted by Gasteiger charge is -2.42. The third-order valence-electron chi connectivity index (χ3n) is 2.04. The van der Waals surface area contributed by atoms with Gasteiger partial charge in [0, 0.05) is 0 Å². The fourth-order valence-corrected chi connectivity index (χ4v) is 0.987. The van der Waals surface area contributed by atoms with Crippen LogP contribution in [0.25, 0.3) is 0 Å². The molecule has 1 aliphatic heterocycles. The first kappa shape index (κ1) is 8.33.